The molecule has 3 rings (SSSR count). The molecule has 128 valence electrons. The largest absolute Gasteiger partial charge is 0.417 e. The van der Waals surface area contributed by atoms with Crippen molar-refractivity contribution < 1.29 is 17.7 Å². The van der Waals surface area contributed by atoms with Crippen LogP contribution in [0.25, 0.3) is 11.6 Å². The summed E-state index contributed by atoms with van der Waals surface area (Å²) in [5.74, 6) is 0.227. The smallest absolute Gasteiger partial charge is 0.335 e. The van der Waals surface area contributed by atoms with Crippen molar-refractivity contribution >= 4 is 11.6 Å². The summed E-state index contributed by atoms with van der Waals surface area (Å²) in [5.41, 5.74) is -0.755. The summed E-state index contributed by atoms with van der Waals surface area (Å²) < 4.78 is 45.0. The second kappa shape index (κ2) is 6.74. The van der Waals surface area contributed by atoms with E-state index < -0.39 is 11.7 Å². The summed E-state index contributed by atoms with van der Waals surface area (Å²) in [7, 11) is 1.92. The van der Waals surface area contributed by atoms with E-state index in [2.05, 4.69) is 15.5 Å². The van der Waals surface area contributed by atoms with E-state index >= 15 is 0 Å². The van der Waals surface area contributed by atoms with Crippen LogP contribution in [0.15, 0.2) is 34.9 Å². The predicted molar refractivity (Wildman–Crippen MR) is 82.9 cm³/mol. The van der Waals surface area contributed by atoms with Gasteiger partial charge in [0.05, 0.1) is 11.6 Å². The first-order valence-electron chi connectivity index (χ1n) is 7.54. The summed E-state index contributed by atoms with van der Waals surface area (Å²) in [4.78, 5) is 6.17. The lowest BCUT2D eigenvalue weighted by molar-refractivity contribution is -0.0683. The van der Waals surface area contributed by atoms with Crippen molar-refractivity contribution in [2.45, 2.75) is 12.2 Å². The number of allylic oxidation sites excluding steroid dienone is 1. The zero-order valence-corrected chi connectivity index (χ0v) is 13.0. The van der Waals surface area contributed by atoms with Gasteiger partial charge in [-0.2, -0.15) is 18.2 Å². The van der Waals surface area contributed by atoms with E-state index in [0.717, 1.165) is 19.2 Å². The third-order valence-corrected chi connectivity index (χ3v) is 3.92. The SMILES string of the molecule is CN1CCNCC1c1noc(/C=C(/c2ccccc2)C(F)(F)F)n1. The van der Waals surface area contributed by atoms with Gasteiger partial charge in [0.2, 0.25) is 0 Å². The van der Waals surface area contributed by atoms with Gasteiger partial charge in [0.25, 0.3) is 5.89 Å². The van der Waals surface area contributed by atoms with E-state index in [-0.39, 0.29) is 17.5 Å². The lowest BCUT2D eigenvalue weighted by Gasteiger charge is -2.30. The number of piperazine rings is 1. The third kappa shape index (κ3) is 3.65. The number of nitrogens with one attached hydrogen (secondary N) is 1. The molecule has 1 aromatic heterocycles. The van der Waals surface area contributed by atoms with Crippen LogP contribution in [0.4, 0.5) is 13.2 Å². The molecule has 1 fully saturated rings. The molecular weight excluding hydrogens is 321 g/mol. The topological polar surface area (TPSA) is 54.2 Å². The zero-order chi connectivity index (χ0) is 17.2. The minimum Gasteiger partial charge on any atom is -0.335 e. The second-order valence-electron chi connectivity index (χ2n) is 5.61. The van der Waals surface area contributed by atoms with E-state index in [9.17, 15) is 13.2 Å². The highest BCUT2D eigenvalue weighted by molar-refractivity contribution is 5.82. The Morgan fingerprint density at radius 3 is 2.75 bits per heavy atom. The van der Waals surface area contributed by atoms with Gasteiger partial charge in [-0.1, -0.05) is 35.5 Å². The third-order valence-electron chi connectivity index (χ3n) is 3.92. The fraction of sp³-hybridized carbons (Fsp3) is 0.375. The van der Waals surface area contributed by atoms with Crippen molar-refractivity contribution in [3.05, 3.63) is 47.6 Å². The molecule has 1 unspecified atom stereocenters. The first-order chi connectivity index (χ1) is 11.4. The maximum atomic E-state index is 13.3. The van der Waals surface area contributed by atoms with Crippen LogP contribution in [0.2, 0.25) is 0 Å². The van der Waals surface area contributed by atoms with Crippen molar-refractivity contribution in [1.29, 1.82) is 0 Å². The number of benzene rings is 1. The Bertz CT molecular complexity index is 712. The number of aromatic nitrogens is 2. The number of rotatable bonds is 3. The summed E-state index contributed by atoms with van der Waals surface area (Å²) in [6.45, 7) is 2.29. The quantitative estimate of drug-likeness (QED) is 0.933. The molecule has 1 saturated heterocycles. The number of hydrogen-bond donors (Lipinski definition) is 1. The van der Waals surface area contributed by atoms with Crippen LogP contribution >= 0.6 is 0 Å². The molecule has 1 N–H and O–H groups in total. The molecule has 8 heteroatoms. The molecule has 1 aliphatic rings. The molecule has 2 aromatic rings. The monoisotopic (exact) mass is 338 g/mol. The maximum absolute atomic E-state index is 13.3. The van der Waals surface area contributed by atoms with Crippen molar-refractivity contribution in [1.82, 2.24) is 20.4 Å². The van der Waals surface area contributed by atoms with Crippen LogP contribution in [0.5, 0.6) is 0 Å². The number of alkyl halides is 3. The molecule has 1 aromatic carbocycles. The van der Waals surface area contributed by atoms with Crippen LogP contribution in [0, 0.1) is 0 Å². The van der Waals surface area contributed by atoms with Gasteiger partial charge in [0.1, 0.15) is 0 Å². The van der Waals surface area contributed by atoms with Gasteiger partial charge >= 0.3 is 6.18 Å². The highest BCUT2D eigenvalue weighted by Crippen LogP contribution is 2.35. The number of nitrogens with zero attached hydrogens (tertiary/aromatic N) is 3. The number of likely N-dealkylation sites (N-methyl/N-ethyl adjacent to an activating group) is 1. The van der Waals surface area contributed by atoms with Crippen LogP contribution < -0.4 is 5.32 Å². The molecule has 5 nitrogen and oxygen atoms in total. The molecule has 0 spiro atoms. The van der Waals surface area contributed by atoms with E-state index in [4.69, 9.17) is 4.52 Å². The van der Waals surface area contributed by atoms with Gasteiger partial charge in [0.15, 0.2) is 5.82 Å². The Balaban J connectivity index is 1.91. The minimum absolute atomic E-state index is 0.0567. The van der Waals surface area contributed by atoms with Gasteiger partial charge < -0.3 is 9.84 Å². The van der Waals surface area contributed by atoms with Crippen LogP contribution in [-0.4, -0.2) is 47.9 Å². The molecule has 1 atom stereocenters. The average Bonchev–Trinajstić information content (AvgIpc) is 3.01. The van der Waals surface area contributed by atoms with E-state index in [1.54, 1.807) is 18.2 Å². The summed E-state index contributed by atoms with van der Waals surface area (Å²) in [6, 6.07) is 7.45. The van der Waals surface area contributed by atoms with Crippen LogP contribution in [-0.2, 0) is 0 Å². The number of hydrogen-bond acceptors (Lipinski definition) is 5. The Hall–Kier alpha value is -2.19. The Morgan fingerprint density at radius 1 is 1.33 bits per heavy atom. The molecule has 0 amide bonds. The molecule has 0 bridgehead atoms. The molecule has 0 radical (unpaired) electrons. The van der Waals surface area contributed by atoms with E-state index in [0.29, 0.717) is 12.4 Å². The standard InChI is InChI=1S/C16H17F3N4O/c1-23-8-7-20-10-13(23)15-21-14(24-22-15)9-12(16(17,18)19)11-5-3-2-4-6-11/h2-6,9,13,20H,7-8,10H2,1H3/b12-9-. The Labute approximate surface area is 137 Å². The van der Waals surface area contributed by atoms with E-state index in [1.165, 1.54) is 12.1 Å². The first kappa shape index (κ1) is 16.7. The maximum Gasteiger partial charge on any atom is 0.417 e. The molecule has 1 aliphatic heterocycles. The Kier molecular flexibility index (Phi) is 4.68. The van der Waals surface area contributed by atoms with Gasteiger partial charge in [0, 0.05) is 25.7 Å². The zero-order valence-electron chi connectivity index (χ0n) is 13.0. The van der Waals surface area contributed by atoms with Gasteiger partial charge in [-0.15, -0.1) is 0 Å². The molecule has 24 heavy (non-hydrogen) atoms. The number of halogens is 3. The highest BCUT2D eigenvalue weighted by Gasteiger charge is 2.35. The minimum atomic E-state index is -4.51. The summed E-state index contributed by atoms with van der Waals surface area (Å²) in [6.07, 6.45) is -3.62. The summed E-state index contributed by atoms with van der Waals surface area (Å²) in [5, 5.41) is 7.04. The lowest BCUT2D eigenvalue weighted by Crippen LogP contribution is -2.44. The summed E-state index contributed by atoms with van der Waals surface area (Å²) >= 11 is 0. The molecule has 2 heterocycles. The lowest BCUT2D eigenvalue weighted by atomic mass is 10.1. The average molecular weight is 338 g/mol. The first-order valence-corrected chi connectivity index (χ1v) is 7.54. The van der Waals surface area contributed by atoms with E-state index in [1.807, 2.05) is 11.9 Å². The second-order valence-corrected chi connectivity index (χ2v) is 5.61. The molecule has 0 aliphatic carbocycles. The predicted octanol–water partition coefficient (Wildman–Crippen LogP) is 2.75. The van der Waals surface area contributed by atoms with Gasteiger partial charge in [-0.25, -0.2) is 0 Å². The van der Waals surface area contributed by atoms with Crippen molar-refractivity contribution in [2.75, 3.05) is 26.7 Å². The van der Waals surface area contributed by atoms with Gasteiger partial charge in [-0.05, 0) is 12.6 Å². The van der Waals surface area contributed by atoms with Crippen molar-refractivity contribution in [3.8, 4) is 0 Å². The molecular formula is C16H17F3N4O. The van der Waals surface area contributed by atoms with Crippen molar-refractivity contribution in [3.63, 3.8) is 0 Å². The van der Waals surface area contributed by atoms with Crippen LogP contribution in [0.3, 0.4) is 0 Å². The van der Waals surface area contributed by atoms with Crippen LogP contribution in [0.1, 0.15) is 23.3 Å². The normalized spacial score (nSPS) is 20.3. The fourth-order valence-electron chi connectivity index (χ4n) is 2.61. The Morgan fingerprint density at radius 2 is 2.08 bits per heavy atom. The molecule has 0 saturated carbocycles. The van der Waals surface area contributed by atoms with Gasteiger partial charge in [-0.3, -0.25) is 4.90 Å². The van der Waals surface area contributed by atoms with Crippen molar-refractivity contribution in [2.24, 2.45) is 0 Å². The fourth-order valence-corrected chi connectivity index (χ4v) is 2.61. The highest BCUT2D eigenvalue weighted by atomic mass is 19.4.